The molecule has 4 rings (SSSR count). The van der Waals surface area contributed by atoms with E-state index in [1.807, 2.05) is 48.2 Å². The summed E-state index contributed by atoms with van der Waals surface area (Å²) in [6.45, 7) is 3.40. The first-order valence-electron chi connectivity index (χ1n) is 9.35. The van der Waals surface area contributed by atoms with Gasteiger partial charge in [-0.05, 0) is 36.8 Å². The second kappa shape index (κ2) is 7.48. The molecule has 3 aromatic rings. The van der Waals surface area contributed by atoms with Gasteiger partial charge in [-0.1, -0.05) is 18.2 Å². The minimum atomic E-state index is -0.0726. The first kappa shape index (κ1) is 18.3. The van der Waals surface area contributed by atoms with Gasteiger partial charge in [-0.3, -0.25) is 14.5 Å². The molecule has 1 aromatic heterocycles. The van der Waals surface area contributed by atoms with Crippen molar-refractivity contribution in [3.05, 3.63) is 69.5 Å². The number of H-pyrrole nitrogens is 1. The molecule has 0 bridgehead atoms. The van der Waals surface area contributed by atoms with E-state index in [9.17, 15) is 9.59 Å². The zero-order chi connectivity index (χ0) is 19.7. The number of ether oxygens (including phenoxy) is 1. The number of nitrogens with zero attached hydrogens (tertiary/aromatic N) is 1. The van der Waals surface area contributed by atoms with Crippen LogP contribution in [-0.2, 0) is 17.8 Å². The van der Waals surface area contributed by atoms with E-state index in [0.717, 1.165) is 34.6 Å². The van der Waals surface area contributed by atoms with Gasteiger partial charge in [0.25, 0.3) is 0 Å². The van der Waals surface area contributed by atoms with Gasteiger partial charge in [0.2, 0.25) is 5.91 Å². The molecule has 6 heteroatoms. The van der Waals surface area contributed by atoms with Crippen LogP contribution in [0.2, 0.25) is 0 Å². The third-order valence-electron chi connectivity index (χ3n) is 5.24. The van der Waals surface area contributed by atoms with Gasteiger partial charge < -0.3 is 15.0 Å². The minimum Gasteiger partial charge on any atom is -0.497 e. The van der Waals surface area contributed by atoms with Crippen LogP contribution in [0, 0.1) is 6.92 Å². The molecule has 144 valence electrons. The van der Waals surface area contributed by atoms with E-state index < -0.39 is 0 Å². The van der Waals surface area contributed by atoms with Crippen molar-refractivity contribution in [1.82, 2.24) is 9.88 Å². The molecule has 0 unspecified atom stereocenters. The summed E-state index contributed by atoms with van der Waals surface area (Å²) in [4.78, 5) is 30.9. The highest BCUT2D eigenvalue weighted by Gasteiger charge is 2.22. The maximum Gasteiger partial charge on any atom is 0.238 e. The number of hydrogen-bond donors (Lipinski definition) is 2. The van der Waals surface area contributed by atoms with Crippen molar-refractivity contribution in [3.8, 4) is 5.75 Å². The van der Waals surface area contributed by atoms with E-state index in [0.29, 0.717) is 24.1 Å². The van der Waals surface area contributed by atoms with Crippen molar-refractivity contribution in [1.29, 1.82) is 0 Å². The molecule has 2 heterocycles. The SMILES string of the molecule is COc1ccc2[nH]c3c(c(=O)c2c1)CN(CC(=O)Nc1ccccc1C)CC3. The third-order valence-corrected chi connectivity index (χ3v) is 5.24. The van der Waals surface area contributed by atoms with E-state index in [-0.39, 0.29) is 17.9 Å². The van der Waals surface area contributed by atoms with Gasteiger partial charge in [0.05, 0.1) is 13.7 Å². The van der Waals surface area contributed by atoms with Crippen LogP contribution in [0.3, 0.4) is 0 Å². The molecule has 0 fully saturated rings. The van der Waals surface area contributed by atoms with Crippen LogP contribution in [0.1, 0.15) is 16.8 Å². The predicted octanol–water partition coefficient (Wildman–Crippen LogP) is 2.84. The van der Waals surface area contributed by atoms with Gasteiger partial charge in [-0.2, -0.15) is 0 Å². The molecule has 2 aromatic carbocycles. The Kier molecular flexibility index (Phi) is 4.88. The largest absolute Gasteiger partial charge is 0.497 e. The molecule has 0 radical (unpaired) electrons. The number of nitrogens with one attached hydrogen (secondary N) is 2. The second-order valence-electron chi connectivity index (χ2n) is 7.15. The smallest absolute Gasteiger partial charge is 0.238 e. The highest BCUT2D eigenvalue weighted by atomic mass is 16.5. The Balaban J connectivity index is 1.54. The normalized spacial score (nSPS) is 13.9. The number of para-hydroxylation sites is 1. The summed E-state index contributed by atoms with van der Waals surface area (Å²) in [7, 11) is 1.59. The van der Waals surface area contributed by atoms with Crippen LogP contribution in [0.4, 0.5) is 5.69 Å². The Bertz CT molecular complexity index is 1100. The zero-order valence-electron chi connectivity index (χ0n) is 16.0. The zero-order valence-corrected chi connectivity index (χ0v) is 16.0. The number of fused-ring (bicyclic) bond motifs is 2. The summed E-state index contributed by atoms with van der Waals surface area (Å²) in [5, 5.41) is 3.57. The standard InChI is InChI=1S/C22H23N3O3/c1-14-5-3-4-6-18(14)24-21(26)13-25-10-9-20-17(12-25)22(27)16-11-15(28-2)7-8-19(16)23-20/h3-8,11H,9-10,12-13H2,1-2H3,(H,23,27)(H,24,26). The van der Waals surface area contributed by atoms with E-state index in [4.69, 9.17) is 4.74 Å². The molecule has 28 heavy (non-hydrogen) atoms. The number of hydrogen-bond acceptors (Lipinski definition) is 4. The fourth-order valence-corrected chi connectivity index (χ4v) is 3.68. The van der Waals surface area contributed by atoms with E-state index in [1.165, 1.54) is 0 Å². The van der Waals surface area contributed by atoms with Crippen molar-refractivity contribution in [2.24, 2.45) is 0 Å². The summed E-state index contributed by atoms with van der Waals surface area (Å²) in [6, 6.07) is 13.2. The number of benzene rings is 2. The maximum atomic E-state index is 13.0. The van der Waals surface area contributed by atoms with Gasteiger partial charge in [0.15, 0.2) is 5.43 Å². The lowest BCUT2D eigenvalue weighted by molar-refractivity contribution is -0.117. The molecule has 0 atom stereocenters. The van der Waals surface area contributed by atoms with Crippen molar-refractivity contribution in [3.63, 3.8) is 0 Å². The van der Waals surface area contributed by atoms with E-state index in [2.05, 4.69) is 10.3 Å². The number of anilines is 1. The number of pyridine rings is 1. The predicted molar refractivity (Wildman–Crippen MR) is 110 cm³/mol. The van der Waals surface area contributed by atoms with Gasteiger partial charge in [-0.15, -0.1) is 0 Å². The number of aromatic nitrogens is 1. The highest BCUT2D eigenvalue weighted by molar-refractivity contribution is 5.93. The lowest BCUT2D eigenvalue weighted by atomic mass is 10.0. The fraction of sp³-hybridized carbons (Fsp3) is 0.273. The molecule has 0 saturated heterocycles. The molecule has 2 N–H and O–H groups in total. The molecule has 0 spiro atoms. The quantitative estimate of drug-likeness (QED) is 0.733. The molecule has 1 aliphatic rings. The summed E-state index contributed by atoms with van der Waals surface area (Å²) >= 11 is 0. The summed E-state index contributed by atoms with van der Waals surface area (Å²) < 4.78 is 5.25. The number of methoxy groups -OCH3 is 1. The van der Waals surface area contributed by atoms with E-state index >= 15 is 0 Å². The monoisotopic (exact) mass is 377 g/mol. The van der Waals surface area contributed by atoms with Crippen LogP contribution in [0.15, 0.2) is 47.3 Å². The minimum absolute atomic E-state index is 0.00617. The Labute approximate surface area is 163 Å². The van der Waals surface area contributed by atoms with Crippen LogP contribution >= 0.6 is 0 Å². The fourth-order valence-electron chi connectivity index (χ4n) is 3.68. The first-order chi connectivity index (χ1) is 13.5. The van der Waals surface area contributed by atoms with Crippen LogP contribution in [-0.4, -0.2) is 36.0 Å². The van der Waals surface area contributed by atoms with Crippen molar-refractivity contribution in [2.45, 2.75) is 19.9 Å². The molecule has 1 aliphatic heterocycles. The topological polar surface area (TPSA) is 74.4 Å². The molecular weight excluding hydrogens is 354 g/mol. The molecular formula is C22H23N3O3. The highest BCUT2D eigenvalue weighted by Crippen LogP contribution is 2.22. The summed E-state index contributed by atoms with van der Waals surface area (Å²) in [5.74, 6) is 0.583. The average Bonchev–Trinajstić information content (AvgIpc) is 2.70. The Morgan fingerprint density at radius 3 is 2.86 bits per heavy atom. The number of carbonyl (C=O) groups is 1. The van der Waals surface area contributed by atoms with Gasteiger partial charge in [-0.25, -0.2) is 0 Å². The number of rotatable bonds is 4. The van der Waals surface area contributed by atoms with Gasteiger partial charge in [0.1, 0.15) is 5.75 Å². The third kappa shape index (κ3) is 3.51. The van der Waals surface area contributed by atoms with Crippen LogP contribution < -0.4 is 15.5 Å². The number of carbonyl (C=O) groups excluding carboxylic acids is 1. The average molecular weight is 377 g/mol. The molecule has 0 saturated carbocycles. The Morgan fingerprint density at radius 1 is 1.25 bits per heavy atom. The van der Waals surface area contributed by atoms with Gasteiger partial charge in [0, 0.05) is 47.4 Å². The molecule has 1 amide bonds. The molecule has 0 aliphatic carbocycles. The van der Waals surface area contributed by atoms with E-state index in [1.54, 1.807) is 13.2 Å². The second-order valence-corrected chi connectivity index (χ2v) is 7.15. The summed E-state index contributed by atoms with van der Waals surface area (Å²) in [6.07, 6.45) is 0.712. The van der Waals surface area contributed by atoms with Crippen molar-refractivity contribution >= 4 is 22.5 Å². The first-order valence-corrected chi connectivity index (χ1v) is 9.35. The Morgan fingerprint density at radius 2 is 2.07 bits per heavy atom. The van der Waals surface area contributed by atoms with Crippen molar-refractivity contribution in [2.75, 3.05) is 25.5 Å². The lowest BCUT2D eigenvalue weighted by Crippen LogP contribution is -2.39. The Hall–Kier alpha value is -3.12. The van der Waals surface area contributed by atoms with Crippen LogP contribution in [0.5, 0.6) is 5.75 Å². The van der Waals surface area contributed by atoms with Crippen LogP contribution in [0.25, 0.3) is 10.9 Å². The lowest BCUT2D eigenvalue weighted by Gasteiger charge is -2.28. The van der Waals surface area contributed by atoms with Gasteiger partial charge >= 0.3 is 0 Å². The number of amides is 1. The molecule has 6 nitrogen and oxygen atoms in total. The van der Waals surface area contributed by atoms with Crippen molar-refractivity contribution < 1.29 is 9.53 Å². The number of aromatic amines is 1. The summed E-state index contributed by atoms with van der Waals surface area (Å²) in [5.41, 5.74) is 4.36. The maximum absolute atomic E-state index is 13.0. The number of aryl methyl sites for hydroxylation is 1.